The molecule has 5 nitrogen and oxygen atoms in total. The number of halogens is 2. The van der Waals surface area contributed by atoms with Gasteiger partial charge in [0.2, 0.25) is 10.0 Å². The summed E-state index contributed by atoms with van der Waals surface area (Å²) < 4.78 is 41.1. The third-order valence-corrected chi connectivity index (χ3v) is 8.43. The van der Waals surface area contributed by atoms with E-state index in [1.807, 2.05) is 25.1 Å². The van der Waals surface area contributed by atoms with Crippen molar-refractivity contribution in [1.29, 1.82) is 0 Å². The first-order chi connectivity index (χ1) is 12.9. The zero-order valence-corrected chi connectivity index (χ0v) is 18.7. The lowest BCUT2D eigenvalue weighted by molar-refractivity contribution is 0.296. The smallest absolute Gasteiger partial charge is 0.244 e. The molecule has 0 N–H and O–H groups in total. The summed E-state index contributed by atoms with van der Waals surface area (Å²) in [6.07, 6.45) is 1.48. The van der Waals surface area contributed by atoms with Crippen molar-refractivity contribution in [3.63, 3.8) is 0 Å². The number of benzene rings is 2. The van der Waals surface area contributed by atoms with Gasteiger partial charge in [0.1, 0.15) is 0 Å². The minimum absolute atomic E-state index is 0.265. The van der Waals surface area contributed by atoms with Gasteiger partial charge in [-0.05, 0) is 70.7 Å². The molecule has 2 aromatic carbocycles. The maximum atomic E-state index is 13.3. The van der Waals surface area contributed by atoms with Gasteiger partial charge < -0.3 is 9.47 Å². The molecule has 2 heterocycles. The van der Waals surface area contributed by atoms with Gasteiger partial charge >= 0.3 is 0 Å². The molecule has 2 aliphatic rings. The molecule has 0 saturated heterocycles. The maximum absolute atomic E-state index is 13.3. The number of hydrogen-bond donors (Lipinski definition) is 0. The molecule has 0 radical (unpaired) electrons. The lowest BCUT2D eigenvalue weighted by atomic mass is 9.94. The van der Waals surface area contributed by atoms with E-state index >= 15 is 0 Å². The quantitative estimate of drug-likeness (QED) is 0.581. The summed E-state index contributed by atoms with van der Waals surface area (Å²) >= 11 is 6.75. The topological polar surface area (TPSA) is 55.8 Å². The van der Waals surface area contributed by atoms with Gasteiger partial charge in [0, 0.05) is 28.0 Å². The van der Waals surface area contributed by atoms with Gasteiger partial charge in [0.05, 0.1) is 18.1 Å². The number of nitrogens with zero attached hydrogens (tertiary/aromatic N) is 1. The van der Waals surface area contributed by atoms with Crippen molar-refractivity contribution in [2.24, 2.45) is 0 Å². The normalized spacial score (nSPS) is 20.0. The highest BCUT2D eigenvalue weighted by Crippen LogP contribution is 2.41. The number of ether oxygens (including phenoxy) is 2. The van der Waals surface area contributed by atoms with Crippen molar-refractivity contribution in [2.45, 2.75) is 30.7 Å². The molecule has 144 valence electrons. The van der Waals surface area contributed by atoms with E-state index in [1.165, 1.54) is 0 Å². The van der Waals surface area contributed by atoms with Gasteiger partial charge in [-0.25, -0.2) is 8.42 Å². The Morgan fingerprint density at radius 2 is 1.78 bits per heavy atom. The highest BCUT2D eigenvalue weighted by Gasteiger charge is 2.36. The Hall–Kier alpha value is -1.09. The average molecular weight is 517 g/mol. The zero-order chi connectivity index (χ0) is 19.2. The number of fused-ring (bicyclic) bond motifs is 2. The summed E-state index contributed by atoms with van der Waals surface area (Å²) in [6, 6.07) is 8.84. The van der Waals surface area contributed by atoms with Crippen LogP contribution in [-0.2, 0) is 16.4 Å². The Morgan fingerprint density at radius 3 is 2.52 bits per heavy atom. The summed E-state index contributed by atoms with van der Waals surface area (Å²) in [6.45, 7) is 3.59. The van der Waals surface area contributed by atoms with Crippen molar-refractivity contribution in [1.82, 2.24) is 4.31 Å². The molecule has 0 aromatic heterocycles. The Morgan fingerprint density at radius 1 is 1.07 bits per heavy atom. The SMILES string of the molecule is CC1c2cc3c(cc2CCN1S(=O)(=O)c1cc(Br)ccc1Br)OCCCO3. The fourth-order valence-electron chi connectivity index (χ4n) is 3.58. The second kappa shape index (κ2) is 7.39. The summed E-state index contributed by atoms with van der Waals surface area (Å²) in [5, 5.41) is 0. The number of sulfonamides is 1. The molecule has 0 aliphatic carbocycles. The second-order valence-corrected chi connectivity index (χ2v) is 10.3. The molecular formula is C19H19Br2NO4S. The van der Waals surface area contributed by atoms with Gasteiger partial charge in [-0.1, -0.05) is 15.9 Å². The van der Waals surface area contributed by atoms with Crippen LogP contribution < -0.4 is 9.47 Å². The minimum Gasteiger partial charge on any atom is -0.490 e. The van der Waals surface area contributed by atoms with E-state index in [2.05, 4.69) is 31.9 Å². The van der Waals surface area contributed by atoms with Crippen molar-refractivity contribution < 1.29 is 17.9 Å². The van der Waals surface area contributed by atoms with E-state index in [1.54, 1.807) is 16.4 Å². The van der Waals surface area contributed by atoms with Crippen LogP contribution in [0.1, 0.15) is 30.5 Å². The summed E-state index contributed by atoms with van der Waals surface area (Å²) in [5.74, 6) is 1.45. The van der Waals surface area contributed by atoms with Crippen LogP contribution in [0.5, 0.6) is 11.5 Å². The molecule has 2 aliphatic heterocycles. The predicted molar refractivity (Wildman–Crippen MR) is 110 cm³/mol. The van der Waals surface area contributed by atoms with E-state index < -0.39 is 10.0 Å². The minimum atomic E-state index is -3.65. The lowest BCUT2D eigenvalue weighted by Gasteiger charge is -2.35. The van der Waals surface area contributed by atoms with Crippen LogP contribution in [0.3, 0.4) is 0 Å². The summed E-state index contributed by atoms with van der Waals surface area (Å²) in [5.41, 5.74) is 2.09. The van der Waals surface area contributed by atoms with Crippen LogP contribution in [0.2, 0.25) is 0 Å². The summed E-state index contributed by atoms with van der Waals surface area (Å²) in [4.78, 5) is 0.265. The van der Waals surface area contributed by atoms with Crippen LogP contribution in [0.15, 0.2) is 44.2 Å². The number of hydrogen-bond acceptors (Lipinski definition) is 4. The monoisotopic (exact) mass is 515 g/mol. The van der Waals surface area contributed by atoms with E-state index in [4.69, 9.17) is 9.47 Å². The Labute approximate surface area is 176 Å². The first-order valence-electron chi connectivity index (χ1n) is 8.77. The van der Waals surface area contributed by atoms with Crippen molar-refractivity contribution >= 4 is 41.9 Å². The molecule has 0 fully saturated rings. The van der Waals surface area contributed by atoms with Crippen molar-refractivity contribution in [3.8, 4) is 11.5 Å². The Bertz CT molecular complexity index is 993. The van der Waals surface area contributed by atoms with Crippen LogP contribution in [0, 0.1) is 0 Å². The fourth-order valence-corrected chi connectivity index (χ4v) is 6.66. The van der Waals surface area contributed by atoms with E-state index in [-0.39, 0.29) is 10.9 Å². The third-order valence-electron chi connectivity index (χ3n) is 4.97. The molecule has 2 aromatic rings. The van der Waals surface area contributed by atoms with E-state index in [0.29, 0.717) is 36.4 Å². The first kappa shape index (κ1) is 19.2. The van der Waals surface area contributed by atoms with Crippen LogP contribution >= 0.6 is 31.9 Å². The van der Waals surface area contributed by atoms with Gasteiger partial charge in [0.25, 0.3) is 0 Å². The largest absolute Gasteiger partial charge is 0.490 e. The zero-order valence-electron chi connectivity index (χ0n) is 14.7. The van der Waals surface area contributed by atoms with E-state index in [9.17, 15) is 8.42 Å². The molecule has 0 bridgehead atoms. The molecular weight excluding hydrogens is 498 g/mol. The first-order valence-corrected chi connectivity index (χ1v) is 11.8. The molecule has 1 unspecified atom stereocenters. The Balaban J connectivity index is 1.74. The van der Waals surface area contributed by atoms with Crippen LogP contribution in [0.25, 0.3) is 0 Å². The molecule has 0 saturated carbocycles. The predicted octanol–water partition coefficient (Wildman–Crippen LogP) is 4.68. The molecule has 27 heavy (non-hydrogen) atoms. The molecule has 1 atom stereocenters. The van der Waals surface area contributed by atoms with Gasteiger partial charge in [-0.15, -0.1) is 0 Å². The van der Waals surface area contributed by atoms with Crippen LogP contribution in [0.4, 0.5) is 0 Å². The van der Waals surface area contributed by atoms with Gasteiger partial charge in [-0.2, -0.15) is 4.31 Å². The van der Waals surface area contributed by atoms with Gasteiger partial charge in [-0.3, -0.25) is 0 Å². The fraction of sp³-hybridized carbons (Fsp3) is 0.368. The second-order valence-electron chi connectivity index (χ2n) is 6.66. The number of rotatable bonds is 2. The highest BCUT2D eigenvalue weighted by atomic mass is 79.9. The summed E-state index contributed by atoms with van der Waals surface area (Å²) in [7, 11) is -3.65. The third kappa shape index (κ3) is 3.52. The van der Waals surface area contributed by atoms with Gasteiger partial charge in [0.15, 0.2) is 11.5 Å². The lowest BCUT2D eigenvalue weighted by Crippen LogP contribution is -2.39. The molecule has 8 heteroatoms. The van der Waals surface area contributed by atoms with Crippen molar-refractivity contribution in [2.75, 3.05) is 19.8 Å². The Kier molecular flexibility index (Phi) is 5.26. The molecule has 0 spiro atoms. The average Bonchev–Trinajstić information content (AvgIpc) is 2.87. The van der Waals surface area contributed by atoms with E-state index in [0.717, 1.165) is 27.8 Å². The van der Waals surface area contributed by atoms with Crippen molar-refractivity contribution in [3.05, 3.63) is 50.4 Å². The molecule has 0 amide bonds. The van der Waals surface area contributed by atoms with Crippen LogP contribution in [-0.4, -0.2) is 32.5 Å². The highest BCUT2D eigenvalue weighted by molar-refractivity contribution is 9.11. The standard InChI is InChI=1S/C19H19Br2NO4S/c1-12-15-11-18-17(25-7-2-8-26-18)9-13(15)5-6-22(12)27(23,24)19-10-14(20)3-4-16(19)21/h3-4,9-12H,2,5-8H2,1H3. The molecule has 4 rings (SSSR count). The maximum Gasteiger partial charge on any atom is 0.244 e.